The molecular formula is C8H12O3. The quantitative estimate of drug-likeness (QED) is 0.478. The minimum absolute atomic E-state index is 0.419. The van der Waals surface area contributed by atoms with E-state index in [0.29, 0.717) is 6.61 Å². The predicted molar refractivity (Wildman–Crippen MR) is 40.3 cm³/mol. The van der Waals surface area contributed by atoms with Crippen LogP contribution in [0.4, 0.5) is 0 Å². The summed E-state index contributed by atoms with van der Waals surface area (Å²) in [5.74, 6) is -0.173. The summed E-state index contributed by atoms with van der Waals surface area (Å²) in [4.78, 5) is 9.97. The van der Waals surface area contributed by atoms with E-state index in [1.807, 2.05) is 0 Å². The molecule has 1 N–H and O–H groups in total. The van der Waals surface area contributed by atoms with E-state index in [1.165, 1.54) is 18.9 Å². The van der Waals surface area contributed by atoms with Gasteiger partial charge in [-0.05, 0) is 18.8 Å². The van der Waals surface area contributed by atoms with Gasteiger partial charge in [0.15, 0.2) is 0 Å². The fourth-order valence-corrected chi connectivity index (χ4v) is 0.736. The molecule has 1 aliphatic carbocycles. The Labute approximate surface area is 65.7 Å². The first-order valence-corrected chi connectivity index (χ1v) is 3.76. The van der Waals surface area contributed by atoms with Crippen molar-refractivity contribution in [2.45, 2.75) is 12.8 Å². The highest BCUT2D eigenvalue weighted by Gasteiger charge is 2.20. The Morgan fingerprint density at radius 2 is 2.36 bits per heavy atom. The third kappa shape index (κ3) is 4.56. The number of hydrogen-bond acceptors (Lipinski definition) is 2. The van der Waals surface area contributed by atoms with Gasteiger partial charge in [0, 0.05) is 12.7 Å². The Bertz CT molecular complexity index is 159. The standard InChI is InChI=1S/C8H12O3/c9-8(10)2-1-5-11-6-7-3-4-7/h1-2,7H,3-6H2,(H,9,10). The highest BCUT2D eigenvalue weighted by molar-refractivity contribution is 5.79. The monoisotopic (exact) mass is 156 g/mol. The third-order valence-corrected chi connectivity index (χ3v) is 1.52. The molecule has 0 aromatic rings. The highest BCUT2D eigenvalue weighted by atomic mass is 16.5. The van der Waals surface area contributed by atoms with E-state index in [-0.39, 0.29) is 0 Å². The highest BCUT2D eigenvalue weighted by Crippen LogP contribution is 2.28. The molecule has 0 unspecified atom stereocenters. The van der Waals surface area contributed by atoms with Crippen molar-refractivity contribution in [3.63, 3.8) is 0 Å². The van der Waals surface area contributed by atoms with Gasteiger partial charge in [-0.1, -0.05) is 6.08 Å². The lowest BCUT2D eigenvalue weighted by Crippen LogP contribution is -1.96. The smallest absolute Gasteiger partial charge is 0.328 e. The molecule has 0 spiro atoms. The lowest BCUT2D eigenvalue weighted by molar-refractivity contribution is -0.131. The fraction of sp³-hybridized carbons (Fsp3) is 0.625. The predicted octanol–water partition coefficient (Wildman–Crippen LogP) is 1.05. The summed E-state index contributed by atoms with van der Waals surface area (Å²) in [6.45, 7) is 1.20. The Morgan fingerprint density at radius 3 is 2.91 bits per heavy atom. The average molecular weight is 156 g/mol. The number of rotatable bonds is 5. The van der Waals surface area contributed by atoms with Crippen LogP contribution in [0.25, 0.3) is 0 Å². The van der Waals surface area contributed by atoms with Crippen molar-refractivity contribution < 1.29 is 14.6 Å². The van der Waals surface area contributed by atoms with Crippen LogP contribution in [0.5, 0.6) is 0 Å². The summed E-state index contributed by atoms with van der Waals surface area (Å²) in [5.41, 5.74) is 0. The van der Waals surface area contributed by atoms with Crippen LogP contribution in [0.2, 0.25) is 0 Å². The second-order valence-electron chi connectivity index (χ2n) is 2.72. The summed E-state index contributed by atoms with van der Waals surface area (Å²) in [6, 6.07) is 0. The zero-order chi connectivity index (χ0) is 8.10. The summed E-state index contributed by atoms with van der Waals surface area (Å²) in [5, 5.41) is 8.19. The summed E-state index contributed by atoms with van der Waals surface area (Å²) in [6.07, 6.45) is 5.16. The Kier molecular flexibility index (Phi) is 3.11. The molecule has 0 amide bonds. The van der Waals surface area contributed by atoms with Gasteiger partial charge in [0.25, 0.3) is 0 Å². The van der Waals surface area contributed by atoms with Crippen LogP contribution < -0.4 is 0 Å². The molecule has 0 atom stereocenters. The van der Waals surface area contributed by atoms with Crippen molar-refractivity contribution in [1.82, 2.24) is 0 Å². The molecule has 1 aliphatic rings. The van der Waals surface area contributed by atoms with E-state index in [1.54, 1.807) is 0 Å². The third-order valence-electron chi connectivity index (χ3n) is 1.52. The van der Waals surface area contributed by atoms with Crippen molar-refractivity contribution >= 4 is 5.97 Å². The number of hydrogen-bond donors (Lipinski definition) is 1. The molecular weight excluding hydrogens is 144 g/mol. The molecule has 3 heteroatoms. The average Bonchev–Trinajstić information content (AvgIpc) is 2.70. The molecule has 1 saturated carbocycles. The summed E-state index contributed by atoms with van der Waals surface area (Å²) < 4.78 is 5.16. The minimum Gasteiger partial charge on any atom is -0.478 e. The van der Waals surface area contributed by atoms with Gasteiger partial charge < -0.3 is 9.84 Å². The lowest BCUT2D eigenvalue weighted by atomic mass is 10.4. The number of ether oxygens (including phenoxy) is 1. The Hall–Kier alpha value is -0.830. The summed E-state index contributed by atoms with van der Waals surface area (Å²) in [7, 11) is 0. The SMILES string of the molecule is O=C(O)C=CCOCC1CC1. The van der Waals surface area contributed by atoms with E-state index < -0.39 is 5.97 Å². The minimum atomic E-state index is -0.917. The molecule has 0 aromatic carbocycles. The van der Waals surface area contributed by atoms with Crippen LogP contribution in [0.1, 0.15) is 12.8 Å². The second kappa shape index (κ2) is 4.13. The van der Waals surface area contributed by atoms with Crippen LogP contribution in [-0.4, -0.2) is 24.3 Å². The maximum absolute atomic E-state index is 9.97. The van der Waals surface area contributed by atoms with Crippen LogP contribution in [-0.2, 0) is 9.53 Å². The Balaban J connectivity index is 1.90. The van der Waals surface area contributed by atoms with Crippen LogP contribution in [0.3, 0.4) is 0 Å². The van der Waals surface area contributed by atoms with E-state index in [9.17, 15) is 4.79 Å². The summed E-state index contributed by atoms with van der Waals surface area (Å²) >= 11 is 0. The molecule has 0 heterocycles. The van der Waals surface area contributed by atoms with Gasteiger partial charge in [-0.25, -0.2) is 4.79 Å². The van der Waals surface area contributed by atoms with Gasteiger partial charge in [0.05, 0.1) is 6.61 Å². The van der Waals surface area contributed by atoms with Crippen LogP contribution >= 0.6 is 0 Å². The maximum Gasteiger partial charge on any atom is 0.328 e. The topological polar surface area (TPSA) is 46.5 Å². The van der Waals surface area contributed by atoms with Gasteiger partial charge in [-0.15, -0.1) is 0 Å². The van der Waals surface area contributed by atoms with E-state index in [2.05, 4.69) is 0 Å². The molecule has 0 aliphatic heterocycles. The molecule has 0 aromatic heterocycles. The molecule has 3 nitrogen and oxygen atoms in total. The number of carboxylic acids is 1. The number of aliphatic carboxylic acids is 1. The van der Waals surface area contributed by atoms with Crippen molar-refractivity contribution in [3.8, 4) is 0 Å². The van der Waals surface area contributed by atoms with Crippen molar-refractivity contribution in [2.24, 2.45) is 5.92 Å². The fourth-order valence-electron chi connectivity index (χ4n) is 0.736. The van der Waals surface area contributed by atoms with Gasteiger partial charge in [-0.3, -0.25) is 0 Å². The molecule has 0 radical (unpaired) electrons. The Morgan fingerprint density at radius 1 is 1.64 bits per heavy atom. The van der Waals surface area contributed by atoms with Gasteiger partial charge >= 0.3 is 5.97 Å². The maximum atomic E-state index is 9.97. The molecule has 1 fully saturated rings. The van der Waals surface area contributed by atoms with Crippen LogP contribution in [0.15, 0.2) is 12.2 Å². The molecule has 1 rings (SSSR count). The molecule has 62 valence electrons. The molecule has 0 bridgehead atoms. The zero-order valence-corrected chi connectivity index (χ0v) is 6.32. The first-order valence-electron chi connectivity index (χ1n) is 3.76. The van der Waals surface area contributed by atoms with Crippen molar-refractivity contribution in [2.75, 3.05) is 13.2 Å². The largest absolute Gasteiger partial charge is 0.478 e. The van der Waals surface area contributed by atoms with E-state index in [4.69, 9.17) is 9.84 Å². The van der Waals surface area contributed by atoms with Crippen molar-refractivity contribution in [1.29, 1.82) is 0 Å². The number of carbonyl (C=O) groups is 1. The van der Waals surface area contributed by atoms with Gasteiger partial charge in [0.2, 0.25) is 0 Å². The second-order valence-corrected chi connectivity index (χ2v) is 2.72. The molecule has 0 saturated heterocycles. The van der Waals surface area contributed by atoms with Gasteiger partial charge in [-0.2, -0.15) is 0 Å². The normalized spacial score (nSPS) is 17.5. The van der Waals surface area contributed by atoms with E-state index >= 15 is 0 Å². The first kappa shape index (κ1) is 8.27. The first-order chi connectivity index (χ1) is 5.29. The van der Waals surface area contributed by atoms with Crippen molar-refractivity contribution in [3.05, 3.63) is 12.2 Å². The van der Waals surface area contributed by atoms with E-state index in [0.717, 1.165) is 18.6 Å². The number of carboxylic acid groups (broad SMARTS) is 1. The lowest BCUT2D eigenvalue weighted by Gasteiger charge is -1.95. The van der Waals surface area contributed by atoms with Crippen LogP contribution in [0, 0.1) is 5.92 Å². The zero-order valence-electron chi connectivity index (χ0n) is 6.32. The van der Waals surface area contributed by atoms with Gasteiger partial charge in [0.1, 0.15) is 0 Å². The molecule has 11 heavy (non-hydrogen) atoms.